The number of hydrogen-bond donors (Lipinski definition) is 2. The molecule has 1 amide bonds. The summed E-state index contributed by atoms with van der Waals surface area (Å²) in [6.07, 6.45) is 2.16. The summed E-state index contributed by atoms with van der Waals surface area (Å²) < 4.78 is 18.7. The topological polar surface area (TPSA) is 94.3 Å². The summed E-state index contributed by atoms with van der Waals surface area (Å²) in [4.78, 5) is 14.4. The lowest BCUT2D eigenvalue weighted by Crippen LogP contribution is -2.79. The third-order valence-electron chi connectivity index (χ3n) is 7.80. The molecule has 0 aromatic heterocycles. The second-order valence-electron chi connectivity index (χ2n) is 8.69. The summed E-state index contributed by atoms with van der Waals surface area (Å²) in [6.45, 7) is 1.88. The van der Waals surface area contributed by atoms with Crippen molar-refractivity contribution in [3.8, 4) is 5.75 Å². The predicted molar refractivity (Wildman–Crippen MR) is 94.6 cm³/mol. The molecule has 5 aliphatic rings. The van der Waals surface area contributed by atoms with E-state index in [-0.39, 0.29) is 6.04 Å². The number of piperidine rings is 1. The molecule has 1 aromatic carbocycles. The summed E-state index contributed by atoms with van der Waals surface area (Å²) in [5.74, 6) is -0.842. The predicted octanol–water partition coefficient (Wildman–Crippen LogP) is 0.312. The van der Waals surface area contributed by atoms with Crippen LogP contribution in [0.3, 0.4) is 0 Å². The highest BCUT2D eigenvalue weighted by atomic mass is 16.8. The van der Waals surface area contributed by atoms with Crippen molar-refractivity contribution in [2.75, 3.05) is 26.8 Å². The molecule has 3 fully saturated rings. The number of nitrogens with zero attached hydrogens (tertiary/aromatic N) is 1. The third-order valence-corrected chi connectivity index (χ3v) is 7.80. The average Bonchev–Trinajstić information content (AvgIpc) is 3.24. The Hall–Kier alpha value is -1.67. The van der Waals surface area contributed by atoms with Crippen molar-refractivity contribution in [1.82, 2.24) is 4.90 Å². The van der Waals surface area contributed by atoms with Gasteiger partial charge in [-0.1, -0.05) is 6.07 Å². The SMILES string of the molecule is CN1CC[C@]23c4c5ccc(C(N)=O)c4OC2C2(CCC3(O)[C@H]1C5)OCCO2. The third kappa shape index (κ3) is 1.63. The lowest BCUT2D eigenvalue weighted by Gasteiger charge is -2.64. The van der Waals surface area contributed by atoms with E-state index in [2.05, 4.69) is 11.9 Å². The van der Waals surface area contributed by atoms with Crippen LogP contribution in [0.2, 0.25) is 0 Å². The van der Waals surface area contributed by atoms with Crippen LogP contribution in [0.5, 0.6) is 5.75 Å². The molecule has 0 radical (unpaired) electrons. The van der Waals surface area contributed by atoms with Gasteiger partial charge < -0.3 is 30.0 Å². The molecule has 144 valence electrons. The number of nitrogens with two attached hydrogens (primary N) is 1. The molecular weight excluding hydrogens is 348 g/mol. The van der Waals surface area contributed by atoms with Gasteiger partial charge in [-0.25, -0.2) is 0 Å². The highest BCUT2D eigenvalue weighted by Gasteiger charge is 2.77. The monoisotopic (exact) mass is 372 g/mol. The first-order chi connectivity index (χ1) is 12.9. The molecule has 3 heterocycles. The van der Waals surface area contributed by atoms with Gasteiger partial charge in [0.2, 0.25) is 5.79 Å². The largest absolute Gasteiger partial charge is 0.483 e. The number of ether oxygens (including phenoxy) is 3. The van der Waals surface area contributed by atoms with E-state index in [1.165, 1.54) is 0 Å². The number of benzene rings is 1. The van der Waals surface area contributed by atoms with Crippen LogP contribution in [-0.4, -0.2) is 66.3 Å². The fourth-order valence-corrected chi connectivity index (χ4v) is 6.69. The number of hydrogen-bond acceptors (Lipinski definition) is 6. The van der Waals surface area contributed by atoms with Crippen molar-refractivity contribution in [3.63, 3.8) is 0 Å². The summed E-state index contributed by atoms with van der Waals surface area (Å²) >= 11 is 0. The molecule has 2 aliphatic carbocycles. The van der Waals surface area contributed by atoms with Crippen molar-refractivity contribution in [3.05, 3.63) is 28.8 Å². The normalized spacial score (nSPS) is 40.7. The molecule has 2 saturated heterocycles. The molecule has 3 N–H and O–H groups in total. The first kappa shape index (κ1) is 16.3. The quantitative estimate of drug-likeness (QED) is 0.737. The van der Waals surface area contributed by atoms with Crippen LogP contribution < -0.4 is 10.5 Å². The summed E-state index contributed by atoms with van der Waals surface area (Å²) in [5, 5.41) is 12.1. The first-order valence-corrected chi connectivity index (χ1v) is 9.76. The van der Waals surface area contributed by atoms with E-state index in [0.29, 0.717) is 37.4 Å². The second kappa shape index (κ2) is 4.84. The van der Waals surface area contributed by atoms with Gasteiger partial charge in [0.15, 0.2) is 6.10 Å². The van der Waals surface area contributed by atoms with Crippen LogP contribution in [0.25, 0.3) is 0 Å². The van der Waals surface area contributed by atoms with Crippen LogP contribution >= 0.6 is 0 Å². The molecule has 2 bridgehead atoms. The lowest BCUT2D eigenvalue weighted by atomic mass is 9.48. The molecule has 2 unspecified atom stereocenters. The zero-order valence-corrected chi connectivity index (χ0v) is 15.4. The Bertz CT molecular complexity index is 866. The Morgan fingerprint density at radius 1 is 1.26 bits per heavy atom. The maximum Gasteiger partial charge on any atom is 0.252 e. The number of likely N-dealkylation sites (N-methyl/N-ethyl adjacent to an activating group) is 1. The maximum absolute atomic E-state index is 12.1. The van der Waals surface area contributed by atoms with E-state index < -0.39 is 28.8 Å². The first-order valence-electron chi connectivity index (χ1n) is 9.76. The van der Waals surface area contributed by atoms with Crippen LogP contribution in [0.4, 0.5) is 0 Å². The number of carbonyl (C=O) groups is 1. The number of amides is 1. The molecule has 1 saturated carbocycles. The van der Waals surface area contributed by atoms with Gasteiger partial charge in [0.25, 0.3) is 5.91 Å². The van der Waals surface area contributed by atoms with Gasteiger partial charge in [0.05, 0.1) is 29.8 Å². The summed E-state index contributed by atoms with van der Waals surface area (Å²) in [5.41, 5.74) is 6.55. The van der Waals surface area contributed by atoms with E-state index in [1.807, 2.05) is 6.07 Å². The maximum atomic E-state index is 12.1. The molecule has 4 atom stereocenters. The Morgan fingerprint density at radius 2 is 2.04 bits per heavy atom. The van der Waals surface area contributed by atoms with Crippen LogP contribution in [0.1, 0.15) is 40.7 Å². The second-order valence-corrected chi connectivity index (χ2v) is 8.69. The zero-order chi connectivity index (χ0) is 18.6. The minimum absolute atomic E-state index is 0.00832. The van der Waals surface area contributed by atoms with Crippen molar-refractivity contribution < 1.29 is 24.1 Å². The minimum atomic E-state index is -0.945. The standard InChI is InChI=1S/C20H24N2O5/c1-22-7-6-18-14-11-2-3-12(16(21)23)15(14)27-17(18)20(25-8-9-26-20)5-4-19(18,24)13(22)10-11/h2-3,13,17,24H,4-10H2,1H3,(H2,21,23)/t13-,17?,18+,19?/m1/s1. The fourth-order valence-electron chi connectivity index (χ4n) is 6.69. The molecule has 27 heavy (non-hydrogen) atoms. The molecular formula is C20H24N2O5. The molecule has 1 aromatic rings. The smallest absolute Gasteiger partial charge is 0.252 e. The van der Waals surface area contributed by atoms with Crippen molar-refractivity contribution in [2.45, 2.75) is 54.6 Å². The molecule has 6 rings (SSSR count). The van der Waals surface area contributed by atoms with Crippen molar-refractivity contribution in [1.29, 1.82) is 0 Å². The van der Waals surface area contributed by atoms with Crippen molar-refractivity contribution >= 4 is 5.91 Å². The van der Waals surface area contributed by atoms with Crippen molar-refractivity contribution in [2.24, 2.45) is 5.73 Å². The number of fused-ring (bicyclic) bond motifs is 1. The summed E-state index contributed by atoms with van der Waals surface area (Å²) in [7, 11) is 2.08. The van der Waals surface area contributed by atoms with Gasteiger partial charge >= 0.3 is 0 Å². The van der Waals surface area contributed by atoms with Gasteiger partial charge in [-0.15, -0.1) is 0 Å². The van der Waals surface area contributed by atoms with Gasteiger partial charge in [-0.3, -0.25) is 4.79 Å². The van der Waals surface area contributed by atoms with Crippen LogP contribution in [0, 0.1) is 0 Å². The molecule has 2 spiro atoms. The highest BCUT2D eigenvalue weighted by molar-refractivity contribution is 5.97. The fraction of sp³-hybridized carbons (Fsp3) is 0.650. The molecule has 7 nitrogen and oxygen atoms in total. The Kier molecular flexibility index (Phi) is 2.92. The van der Waals surface area contributed by atoms with E-state index in [1.54, 1.807) is 6.07 Å². The van der Waals surface area contributed by atoms with Gasteiger partial charge in [-0.2, -0.15) is 0 Å². The van der Waals surface area contributed by atoms with Gasteiger partial charge in [0, 0.05) is 18.0 Å². The van der Waals surface area contributed by atoms with E-state index in [4.69, 9.17) is 19.9 Å². The molecule has 3 aliphatic heterocycles. The van der Waals surface area contributed by atoms with Gasteiger partial charge in [0.1, 0.15) is 5.75 Å². The summed E-state index contributed by atoms with van der Waals surface area (Å²) in [6, 6.07) is 3.75. The number of rotatable bonds is 1. The lowest BCUT2D eigenvalue weighted by molar-refractivity contribution is -0.295. The average molecular weight is 372 g/mol. The van der Waals surface area contributed by atoms with E-state index in [9.17, 15) is 9.90 Å². The van der Waals surface area contributed by atoms with E-state index >= 15 is 0 Å². The van der Waals surface area contributed by atoms with E-state index in [0.717, 1.165) is 30.5 Å². The number of carbonyl (C=O) groups excluding carboxylic acids is 1. The Labute approximate surface area is 157 Å². The zero-order valence-electron chi connectivity index (χ0n) is 15.4. The number of likely N-dealkylation sites (tertiary alicyclic amines) is 1. The minimum Gasteiger partial charge on any atom is -0.483 e. The number of primary amides is 1. The highest BCUT2D eigenvalue weighted by Crippen LogP contribution is 2.67. The van der Waals surface area contributed by atoms with Crippen LogP contribution in [-0.2, 0) is 21.3 Å². The Balaban J connectivity index is 1.67. The van der Waals surface area contributed by atoms with Crippen LogP contribution in [0.15, 0.2) is 12.1 Å². The van der Waals surface area contributed by atoms with Gasteiger partial charge in [-0.05, 0) is 44.5 Å². The Morgan fingerprint density at radius 3 is 2.78 bits per heavy atom. The number of aliphatic hydroxyl groups is 1. The molecule has 7 heteroatoms.